The summed E-state index contributed by atoms with van der Waals surface area (Å²) < 4.78 is 2.02. The van der Waals surface area contributed by atoms with Gasteiger partial charge in [0.2, 0.25) is 0 Å². The molecule has 0 spiro atoms. The van der Waals surface area contributed by atoms with Crippen LogP contribution in [0.3, 0.4) is 0 Å². The number of imidazole rings is 1. The van der Waals surface area contributed by atoms with E-state index in [2.05, 4.69) is 15.3 Å². The van der Waals surface area contributed by atoms with Gasteiger partial charge >= 0.3 is 0 Å². The highest BCUT2D eigenvalue weighted by atomic mass is 15.0. The molecule has 4 heteroatoms. The van der Waals surface area contributed by atoms with E-state index in [1.807, 2.05) is 35.6 Å². The fraction of sp³-hybridized carbons (Fsp3) is 0.333. The standard InChI is InChI=1S/C12H14N4/c1-2-11(1)15-8-10-7-13-4-3-12(10)16-6-5-14-9-16/h3-7,9,11,15H,1-2,8H2. The van der Waals surface area contributed by atoms with Gasteiger partial charge in [-0.25, -0.2) is 4.98 Å². The number of nitrogens with zero attached hydrogens (tertiary/aromatic N) is 3. The number of aromatic nitrogens is 3. The minimum atomic E-state index is 0.718. The first-order valence-corrected chi connectivity index (χ1v) is 5.58. The zero-order valence-corrected chi connectivity index (χ0v) is 9.00. The molecular formula is C12H14N4. The van der Waals surface area contributed by atoms with E-state index in [0.717, 1.165) is 18.3 Å². The molecule has 0 bridgehead atoms. The molecule has 1 aliphatic rings. The normalized spacial score (nSPS) is 15.2. The van der Waals surface area contributed by atoms with E-state index in [1.165, 1.54) is 18.4 Å². The van der Waals surface area contributed by atoms with Crippen LogP contribution in [0.25, 0.3) is 5.69 Å². The van der Waals surface area contributed by atoms with Crippen LogP contribution >= 0.6 is 0 Å². The number of nitrogens with one attached hydrogen (secondary N) is 1. The van der Waals surface area contributed by atoms with Crippen molar-refractivity contribution < 1.29 is 0 Å². The van der Waals surface area contributed by atoms with E-state index in [0.29, 0.717) is 0 Å². The Morgan fingerprint density at radius 3 is 3.00 bits per heavy atom. The van der Waals surface area contributed by atoms with Gasteiger partial charge < -0.3 is 9.88 Å². The van der Waals surface area contributed by atoms with E-state index in [9.17, 15) is 0 Å². The third-order valence-electron chi connectivity index (χ3n) is 2.82. The molecule has 16 heavy (non-hydrogen) atoms. The lowest BCUT2D eigenvalue weighted by molar-refractivity contribution is 0.682. The van der Waals surface area contributed by atoms with Crippen LogP contribution in [0.4, 0.5) is 0 Å². The monoisotopic (exact) mass is 214 g/mol. The lowest BCUT2D eigenvalue weighted by Crippen LogP contribution is -2.16. The predicted molar refractivity (Wildman–Crippen MR) is 61.2 cm³/mol. The fourth-order valence-corrected chi connectivity index (χ4v) is 1.75. The largest absolute Gasteiger partial charge is 0.310 e. The molecule has 3 rings (SSSR count). The van der Waals surface area contributed by atoms with E-state index < -0.39 is 0 Å². The van der Waals surface area contributed by atoms with Crippen molar-refractivity contribution in [3.63, 3.8) is 0 Å². The quantitative estimate of drug-likeness (QED) is 0.839. The lowest BCUT2D eigenvalue weighted by Gasteiger charge is -2.09. The molecule has 2 aromatic rings. The van der Waals surface area contributed by atoms with Crippen LogP contribution < -0.4 is 5.32 Å². The van der Waals surface area contributed by atoms with Crippen molar-refractivity contribution in [2.24, 2.45) is 0 Å². The second-order valence-corrected chi connectivity index (χ2v) is 4.13. The van der Waals surface area contributed by atoms with Crippen molar-refractivity contribution in [1.82, 2.24) is 19.9 Å². The van der Waals surface area contributed by atoms with Crippen LogP contribution in [-0.4, -0.2) is 20.6 Å². The maximum Gasteiger partial charge on any atom is 0.0991 e. The van der Waals surface area contributed by atoms with Crippen LogP contribution in [0, 0.1) is 0 Å². The minimum Gasteiger partial charge on any atom is -0.310 e. The van der Waals surface area contributed by atoms with Crippen molar-refractivity contribution in [3.05, 3.63) is 42.7 Å². The Bertz CT molecular complexity index is 460. The summed E-state index contributed by atoms with van der Waals surface area (Å²) in [5.41, 5.74) is 2.37. The van der Waals surface area contributed by atoms with Crippen LogP contribution in [-0.2, 0) is 6.54 Å². The Morgan fingerprint density at radius 2 is 2.25 bits per heavy atom. The predicted octanol–water partition coefficient (Wildman–Crippen LogP) is 1.52. The van der Waals surface area contributed by atoms with E-state index >= 15 is 0 Å². The summed E-state index contributed by atoms with van der Waals surface area (Å²) in [5, 5.41) is 3.50. The molecule has 2 heterocycles. The summed E-state index contributed by atoms with van der Waals surface area (Å²) in [4.78, 5) is 8.25. The van der Waals surface area contributed by atoms with Crippen LogP contribution in [0.5, 0.6) is 0 Å². The van der Waals surface area contributed by atoms with Crippen molar-refractivity contribution >= 4 is 0 Å². The number of hydrogen-bond donors (Lipinski definition) is 1. The Hall–Kier alpha value is -1.68. The molecule has 0 amide bonds. The average molecular weight is 214 g/mol. The number of hydrogen-bond acceptors (Lipinski definition) is 3. The van der Waals surface area contributed by atoms with Crippen molar-refractivity contribution in [1.29, 1.82) is 0 Å². The Balaban J connectivity index is 1.85. The minimum absolute atomic E-state index is 0.718. The summed E-state index contributed by atoms with van der Waals surface area (Å²) in [6, 6.07) is 2.74. The highest BCUT2D eigenvalue weighted by molar-refractivity contribution is 5.38. The van der Waals surface area contributed by atoms with E-state index in [-0.39, 0.29) is 0 Å². The summed E-state index contributed by atoms with van der Waals surface area (Å²) in [5.74, 6) is 0. The van der Waals surface area contributed by atoms with Gasteiger partial charge in [-0.3, -0.25) is 4.98 Å². The highest BCUT2D eigenvalue weighted by Crippen LogP contribution is 2.20. The van der Waals surface area contributed by atoms with Gasteiger partial charge in [0.15, 0.2) is 0 Å². The smallest absolute Gasteiger partial charge is 0.0991 e. The van der Waals surface area contributed by atoms with Gasteiger partial charge in [0.1, 0.15) is 0 Å². The van der Waals surface area contributed by atoms with Crippen LogP contribution in [0.2, 0.25) is 0 Å². The third-order valence-corrected chi connectivity index (χ3v) is 2.82. The van der Waals surface area contributed by atoms with E-state index in [4.69, 9.17) is 0 Å². The lowest BCUT2D eigenvalue weighted by atomic mass is 10.2. The van der Waals surface area contributed by atoms with Gasteiger partial charge in [0, 0.05) is 42.9 Å². The molecule has 1 aliphatic carbocycles. The zero-order chi connectivity index (χ0) is 10.8. The first-order valence-electron chi connectivity index (χ1n) is 5.58. The zero-order valence-electron chi connectivity index (χ0n) is 9.00. The molecule has 0 unspecified atom stereocenters. The fourth-order valence-electron chi connectivity index (χ4n) is 1.75. The second kappa shape index (κ2) is 4.06. The third kappa shape index (κ3) is 1.97. The van der Waals surface area contributed by atoms with Crippen LogP contribution in [0.1, 0.15) is 18.4 Å². The van der Waals surface area contributed by atoms with Gasteiger partial charge in [-0.05, 0) is 18.9 Å². The highest BCUT2D eigenvalue weighted by Gasteiger charge is 2.20. The topological polar surface area (TPSA) is 42.7 Å². The summed E-state index contributed by atoms with van der Waals surface area (Å²) >= 11 is 0. The molecule has 0 saturated heterocycles. The van der Waals surface area contributed by atoms with Gasteiger partial charge in [0.05, 0.1) is 12.0 Å². The molecule has 1 saturated carbocycles. The van der Waals surface area contributed by atoms with Gasteiger partial charge in [0.25, 0.3) is 0 Å². The SMILES string of the molecule is c1cc(-n2ccnc2)c(CNC2CC2)cn1. The Kier molecular flexibility index (Phi) is 2.42. The van der Waals surface area contributed by atoms with E-state index in [1.54, 1.807) is 6.20 Å². The van der Waals surface area contributed by atoms with Crippen molar-refractivity contribution in [2.75, 3.05) is 0 Å². The summed E-state index contributed by atoms with van der Waals surface area (Å²) in [6.07, 6.45) is 11.9. The molecule has 4 nitrogen and oxygen atoms in total. The van der Waals surface area contributed by atoms with Gasteiger partial charge in [-0.2, -0.15) is 0 Å². The summed E-state index contributed by atoms with van der Waals surface area (Å²) in [6.45, 7) is 0.881. The second-order valence-electron chi connectivity index (χ2n) is 4.13. The van der Waals surface area contributed by atoms with Gasteiger partial charge in [-0.15, -0.1) is 0 Å². The van der Waals surface area contributed by atoms with Crippen molar-refractivity contribution in [3.8, 4) is 5.69 Å². The Labute approximate surface area is 94.4 Å². The molecular weight excluding hydrogens is 200 g/mol. The molecule has 0 aliphatic heterocycles. The van der Waals surface area contributed by atoms with Crippen LogP contribution in [0.15, 0.2) is 37.2 Å². The molecule has 0 aromatic carbocycles. The average Bonchev–Trinajstić information content (AvgIpc) is 3.00. The molecule has 82 valence electrons. The first kappa shape index (κ1) is 9.54. The maximum absolute atomic E-state index is 4.18. The first-order chi connectivity index (χ1) is 7.93. The van der Waals surface area contributed by atoms with Gasteiger partial charge in [-0.1, -0.05) is 0 Å². The Morgan fingerprint density at radius 1 is 1.31 bits per heavy atom. The molecule has 0 atom stereocenters. The maximum atomic E-state index is 4.18. The molecule has 2 aromatic heterocycles. The van der Waals surface area contributed by atoms with Crippen molar-refractivity contribution in [2.45, 2.75) is 25.4 Å². The molecule has 0 radical (unpaired) electrons. The number of rotatable bonds is 4. The number of pyridine rings is 1. The molecule has 1 fully saturated rings. The summed E-state index contributed by atoms with van der Waals surface area (Å²) in [7, 11) is 0. The molecule has 1 N–H and O–H groups in total.